The van der Waals surface area contributed by atoms with Gasteiger partial charge in [0.05, 0.1) is 23.0 Å². The van der Waals surface area contributed by atoms with Crippen LogP contribution in [0.3, 0.4) is 0 Å². The van der Waals surface area contributed by atoms with Gasteiger partial charge in [-0.2, -0.15) is 5.26 Å². The summed E-state index contributed by atoms with van der Waals surface area (Å²) >= 11 is 9.22. The minimum Gasteiger partial charge on any atom is -0.352 e. The minimum atomic E-state index is -0.485. The van der Waals surface area contributed by atoms with Crippen LogP contribution in [0.5, 0.6) is 0 Å². The van der Waals surface area contributed by atoms with Crippen molar-refractivity contribution in [3.63, 3.8) is 0 Å². The van der Waals surface area contributed by atoms with Crippen molar-refractivity contribution in [2.75, 3.05) is 5.32 Å². The van der Waals surface area contributed by atoms with Gasteiger partial charge in [-0.15, -0.1) is 0 Å². The quantitative estimate of drug-likeness (QED) is 0.856. The molecule has 0 aliphatic carbocycles. The lowest BCUT2D eigenvalue weighted by molar-refractivity contribution is 0.631. The molecule has 2 rings (SSSR count). The average Bonchev–Trinajstić information content (AvgIpc) is 2.36. The summed E-state index contributed by atoms with van der Waals surface area (Å²) in [5.74, 6) is -0.485. The second-order valence-corrected chi connectivity index (χ2v) is 4.85. The number of nitrogens with zero attached hydrogens (tertiary/aromatic N) is 1. The van der Waals surface area contributed by atoms with Gasteiger partial charge in [-0.3, -0.25) is 0 Å². The number of benzene rings is 2. The number of hydrogen-bond acceptors (Lipinski definition) is 2. The molecule has 0 spiro atoms. The molecule has 0 fully saturated rings. The van der Waals surface area contributed by atoms with E-state index in [1.54, 1.807) is 24.3 Å². The number of hydrogen-bond donors (Lipinski definition) is 1. The third-order valence-corrected chi connectivity index (χ3v) is 3.22. The van der Waals surface area contributed by atoms with Crippen LogP contribution in [-0.4, -0.2) is 0 Å². The molecule has 18 heavy (non-hydrogen) atoms. The molecule has 1 N–H and O–H groups in total. The zero-order chi connectivity index (χ0) is 13.1. The van der Waals surface area contributed by atoms with Gasteiger partial charge >= 0.3 is 0 Å². The van der Waals surface area contributed by atoms with E-state index in [-0.39, 0.29) is 11.3 Å². The van der Waals surface area contributed by atoms with Crippen molar-refractivity contribution >= 4 is 38.9 Å². The Hall–Kier alpha value is -1.57. The largest absolute Gasteiger partial charge is 0.352 e. The van der Waals surface area contributed by atoms with Crippen LogP contribution in [0.4, 0.5) is 15.8 Å². The molecule has 0 aromatic heterocycles. The molecule has 5 heteroatoms. The average molecular weight is 326 g/mol. The van der Waals surface area contributed by atoms with E-state index in [0.717, 1.165) is 4.47 Å². The lowest BCUT2D eigenvalue weighted by Crippen LogP contribution is -1.95. The van der Waals surface area contributed by atoms with Crippen molar-refractivity contribution in [2.24, 2.45) is 0 Å². The van der Waals surface area contributed by atoms with Gasteiger partial charge in [-0.25, -0.2) is 4.39 Å². The van der Waals surface area contributed by atoms with Crippen molar-refractivity contribution in [2.45, 2.75) is 0 Å². The number of nitriles is 1. The summed E-state index contributed by atoms with van der Waals surface area (Å²) in [7, 11) is 0. The van der Waals surface area contributed by atoms with Crippen LogP contribution in [0.2, 0.25) is 5.02 Å². The number of anilines is 2. The van der Waals surface area contributed by atoms with Crippen LogP contribution in [-0.2, 0) is 0 Å². The molecule has 90 valence electrons. The van der Waals surface area contributed by atoms with Gasteiger partial charge in [0.1, 0.15) is 5.82 Å². The molecule has 2 aromatic rings. The molecule has 2 aromatic carbocycles. The minimum absolute atomic E-state index is 0.281. The van der Waals surface area contributed by atoms with Crippen LogP contribution < -0.4 is 5.32 Å². The van der Waals surface area contributed by atoms with E-state index in [0.29, 0.717) is 10.7 Å². The van der Waals surface area contributed by atoms with Crippen molar-refractivity contribution in [3.05, 3.63) is 57.3 Å². The predicted octanol–water partition coefficient (Wildman–Crippen LogP) is 4.86. The lowest BCUT2D eigenvalue weighted by Gasteiger charge is -2.10. The standard InChI is InChI=1S/C13H7BrClFN2/c14-10-3-2-9(15)6-13(10)18-12-4-1-8(7-17)5-11(12)16/h1-6,18H. The van der Waals surface area contributed by atoms with Crippen LogP contribution in [0.25, 0.3) is 0 Å². The Balaban J connectivity index is 2.34. The first-order valence-corrected chi connectivity index (χ1v) is 6.19. The first kappa shape index (κ1) is 12.9. The van der Waals surface area contributed by atoms with E-state index in [1.807, 2.05) is 6.07 Å². The maximum Gasteiger partial charge on any atom is 0.147 e. The van der Waals surface area contributed by atoms with E-state index < -0.39 is 5.82 Å². The van der Waals surface area contributed by atoms with Gasteiger partial charge in [0.25, 0.3) is 0 Å². The molecule has 0 aliphatic heterocycles. The first-order valence-electron chi connectivity index (χ1n) is 5.02. The Labute approximate surface area is 117 Å². The summed E-state index contributed by atoms with van der Waals surface area (Å²) in [5.41, 5.74) is 1.23. The van der Waals surface area contributed by atoms with Crippen molar-refractivity contribution in [1.82, 2.24) is 0 Å². The fourth-order valence-corrected chi connectivity index (χ4v) is 1.94. The predicted molar refractivity (Wildman–Crippen MR) is 73.5 cm³/mol. The maximum absolute atomic E-state index is 13.7. The second kappa shape index (κ2) is 5.38. The van der Waals surface area contributed by atoms with Crippen LogP contribution in [0, 0.1) is 17.1 Å². The highest BCUT2D eigenvalue weighted by atomic mass is 79.9. The van der Waals surface area contributed by atoms with Gasteiger partial charge in [0.15, 0.2) is 0 Å². The molecule has 0 saturated carbocycles. The normalized spacial score (nSPS) is 9.89. The van der Waals surface area contributed by atoms with Crippen LogP contribution in [0.15, 0.2) is 40.9 Å². The maximum atomic E-state index is 13.7. The summed E-state index contributed by atoms with van der Waals surface area (Å²) in [6, 6.07) is 11.3. The Kier molecular flexibility index (Phi) is 3.85. The van der Waals surface area contributed by atoms with Crippen LogP contribution >= 0.6 is 27.5 Å². The highest BCUT2D eigenvalue weighted by molar-refractivity contribution is 9.10. The fraction of sp³-hybridized carbons (Fsp3) is 0. The van der Waals surface area contributed by atoms with Crippen molar-refractivity contribution in [1.29, 1.82) is 5.26 Å². The molecule has 0 amide bonds. The Morgan fingerprint density at radius 2 is 1.94 bits per heavy atom. The Bertz CT molecular complexity index is 637. The highest BCUT2D eigenvalue weighted by Crippen LogP contribution is 2.29. The summed E-state index contributed by atoms with van der Waals surface area (Å²) in [6.07, 6.45) is 0. The molecule has 0 unspecified atom stereocenters. The molecule has 0 radical (unpaired) electrons. The number of halogens is 3. The third kappa shape index (κ3) is 2.81. The molecule has 2 nitrogen and oxygen atoms in total. The molecular formula is C13H7BrClFN2. The smallest absolute Gasteiger partial charge is 0.147 e. The van der Waals surface area contributed by atoms with Crippen molar-refractivity contribution < 1.29 is 4.39 Å². The Morgan fingerprint density at radius 3 is 2.61 bits per heavy atom. The summed E-state index contributed by atoms with van der Waals surface area (Å²) in [6.45, 7) is 0. The van der Waals surface area contributed by atoms with E-state index in [4.69, 9.17) is 16.9 Å². The Morgan fingerprint density at radius 1 is 1.17 bits per heavy atom. The topological polar surface area (TPSA) is 35.8 Å². The second-order valence-electron chi connectivity index (χ2n) is 3.56. The summed E-state index contributed by atoms with van der Waals surface area (Å²) in [5, 5.41) is 12.1. The van der Waals surface area contributed by atoms with E-state index in [2.05, 4.69) is 21.2 Å². The lowest BCUT2D eigenvalue weighted by atomic mass is 10.2. The zero-order valence-corrected chi connectivity index (χ0v) is 11.4. The van der Waals surface area contributed by atoms with E-state index >= 15 is 0 Å². The number of nitrogens with one attached hydrogen (secondary N) is 1. The number of rotatable bonds is 2. The van der Waals surface area contributed by atoms with E-state index in [1.165, 1.54) is 12.1 Å². The molecular weight excluding hydrogens is 319 g/mol. The molecule has 0 atom stereocenters. The zero-order valence-electron chi connectivity index (χ0n) is 9.05. The highest BCUT2D eigenvalue weighted by Gasteiger charge is 2.06. The summed E-state index contributed by atoms with van der Waals surface area (Å²) < 4.78 is 14.5. The van der Waals surface area contributed by atoms with Gasteiger partial charge in [-0.05, 0) is 52.3 Å². The molecule has 0 aliphatic rings. The van der Waals surface area contributed by atoms with Crippen LogP contribution in [0.1, 0.15) is 5.56 Å². The third-order valence-electron chi connectivity index (χ3n) is 2.30. The van der Waals surface area contributed by atoms with Gasteiger partial charge in [0, 0.05) is 9.50 Å². The fourth-order valence-electron chi connectivity index (χ4n) is 1.42. The summed E-state index contributed by atoms with van der Waals surface area (Å²) in [4.78, 5) is 0. The monoisotopic (exact) mass is 324 g/mol. The van der Waals surface area contributed by atoms with Gasteiger partial charge in [-0.1, -0.05) is 11.6 Å². The first-order chi connectivity index (χ1) is 8.60. The van der Waals surface area contributed by atoms with Gasteiger partial charge in [0.2, 0.25) is 0 Å². The molecule has 0 bridgehead atoms. The molecule has 0 saturated heterocycles. The van der Waals surface area contributed by atoms with E-state index in [9.17, 15) is 4.39 Å². The SMILES string of the molecule is N#Cc1ccc(Nc2cc(Cl)ccc2Br)c(F)c1. The van der Waals surface area contributed by atoms with Crippen molar-refractivity contribution in [3.8, 4) is 6.07 Å². The van der Waals surface area contributed by atoms with Gasteiger partial charge < -0.3 is 5.32 Å². The molecule has 0 heterocycles.